The van der Waals surface area contributed by atoms with Gasteiger partial charge in [0.25, 0.3) is 0 Å². The van der Waals surface area contributed by atoms with E-state index in [-0.39, 0.29) is 25.7 Å². The lowest BCUT2D eigenvalue weighted by molar-refractivity contribution is -0.161. The van der Waals surface area contributed by atoms with Gasteiger partial charge in [0.1, 0.15) is 19.3 Å². The minimum atomic E-state index is -5.00. The molecule has 106 heavy (non-hydrogen) atoms. The Morgan fingerprint density at radius 3 is 0.774 bits per heavy atom. The molecule has 3 N–H and O–H groups in total. The molecular formula is C87H144O17P2. The lowest BCUT2D eigenvalue weighted by Gasteiger charge is -2.21. The third kappa shape index (κ3) is 76.9. The van der Waals surface area contributed by atoms with Crippen molar-refractivity contribution in [3.63, 3.8) is 0 Å². The number of unbranched alkanes of at least 4 members (excludes halogenated alkanes) is 23. The summed E-state index contributed by atoms with van der Waals surface area (Å²) < 4.78 is 68.6. The van der Waals surface area contributed by atoms with Crippen LogP contribution < -0.4 is 0 Å². The van der Waals surface area contributed by atoms with E-state index >= 15 is 0 Å². The topological polar surface area (TPSA) is 237 Å². The molecule has 17 nitrogen and oxygen atoms in total. The Hall–Kier alpha value is -5.32. The van der Waals surface area contributed by atoms with Crippen molar-refractivity contribution in [1.82, 2.24) is 0 Å². The van der Waals surface area contributed by atoms with Crippen molar-refractivity contribution in [3.8, 4) is 0 Å². The molecule has 0 saturated heterocycles. The highest BCUT2D eigenvalue weighted by atomic mass is 31.2. The zero-order valence-corrected chi connectivity index (χ0v) is 67.8. The lowest BCUT2D eigenvalue weighted by Crippen LogP contribution is -2.30. The highest BCUT2D eigenvalue weighted by Gasteiger charge is 2.30. The summed E-state index contributed by atoms with van der Waals surface area (Å²) >= 11 is 0. The predicted octanol–water partition coefficient (Wildman–Crippen LogP) is 24.0. The van der Waals surface area contributed by atoms with Gasteiger partial charge in [-0.1, -0.05) is 276 Å². The molecule has 0 aromatic carbocycles. The highest BCUT2D eigenvalue weighted by Crippen LogP contribution is 2.45. The average Bonchev–Trinajstić information content (AvgIpc) is 0.901. The number of carbonyl (C=O) groups is 4. The molecule has 0 amide bonds. The molecule has 0 aliphatic heterocycles. The van der Waals surface area contributed by atoms with Crippen LogP contribution in [-0.2, 0) is 65.4 Å². The fourth-order valence-electron chi connectivity index (χ4n) is 10.4. The number of carbonyl (C=O) groups excluding carboxylic acids is 4. The summed E-state index contributed by atoms with van der Waals surface area (Å²) in [4.78, 5) is 73.1. The number of ether oxygens (including phenoxy) is 4. The molecule has 0 aliphatic carbocycles. The van der Waals surface area contributed by atoms with E-state index in [1.165, 1.54) is 25.7 Å². The molecule has 5 unspecified atom stereocenters. The normalized spacial score (nSPS) is 14.7. The van der Waals surface area contributed by atoms with Gasteiger partial charge in [0.2, 0.25) is 0 Å². The molecule has 0 bridgehead atoms. The van der Waals surface area contributed by atoms with Crippen molar-refractivity contribution in [2.45, 2.75) is 329 Å². The highest BCUT2D eigenvalue weighted by molar-refractivity contribution is 7.47. The molecule has 5 atom stereocenters. The van der Waals surface area contributed by atoms with Gasteiger partial charge in [0, 0.05) is 25.7 Å². The average molecular weight is 1520 g/mol. The first-order valence-corrected chi connectivity index (χ1v) is 43.7. The number of rotatable bonds is 75. The third-order valence-electron chi connectivity index (χ3n) is 16.5. The maximum absolute atomic E-state index is 13.1. The van der Waals surface area contributed by atoms with Crippen LogP contribution in [-0.4, -0.2) is 96.7 Å². The first kappa shape index (κ1) is 101. The van der Waals surface area contributed by atoms with Gasteiger partial charge in [-0.2, -0.15) is 0 Å². The zero-order chi connectivity index (χ0) is 77.4. The van der Waals surface area contributed by atoms with Gasteiger partial charge < -0.3 is 33.8 Å². The molecule has 0 heterocycles. The molecule has 0 saturated carbocycles. The van der Waals surface area contributed by atoms with E-state index in [0.29, 0.717) is 25.7 Å². The Labute approximate surface area is 642 Å². The second-order valence-corrected chi connectivity index (χ2v) is 29.5. The molecule has 0 radical (unpaired) electrons. The van der Waals surface area contributed by atoms with Gasteiger partial charge in [-0.25, -0.2) is 9.13 Å². The number of aliphatic hydroxyl groups excluding tert-OH is 1. The van der Waals surface area contributed by atoms with E-state index in [0.717, 1.165) is 205 Å². The van der Waals surface area contributed by atoms with Crippen LogP contribution >= 0.6 is 15.6 Å². The van der Waals surface area contributed by atoms with Crippen molar-refractivity contribution in [3.05, 3.63) is 158 Å². The maximum atomic E-state index is 13.1. The number of phosphoric acid groups is 2. The number of esters is 4. The molecule has 604 valence electrons. The van der Waals surface area contributed by atoms with E-state index in [9.17, 15) is 43.2 Å². The summed E-state index contributed by atoms with van der Waals surface area (Å²) in [6.45, 7) is 4.44. The summed E-state index contributed by atoms with van der Waals surface area (Å²) in [5.74, 6) is -2.26. The van der Waals surface area contributed by atoms with Crippen LogP contribution in [0.5, 0.6) is 0 Å². The van der Waals surface area contributed by atoms with Crippen LogP contribution in [0.4, 0.5) is 0 Å². The smallest absolute Gasteiger partial charge is 0.462 e. The number of aliphatic hydroxyl groups is 1. The van der Waals surface area contributed by atoms with Crippen LogP contribution in [0.1, 0.15) is 310 Å². The predicted molar refractivity (Wildman–Crippen MR) is 436 cm³/mol. The van der Waals surface area contributed by atoms with Gasteiger partial charge in [-0.3, -0.25) is 37.3 Å². The standard InChI is InChI=1S/C87H144O17P2/c1-5-9-13-17-21-25-29-33-36-38-40-42-45-48-51-55-59-63-67-71-84(89)97-77-82(103-86(91)73-69-65-61-57-53-47-32-28-24-20-16-12-8-4)79-101-105(93,94)99-75-81(88)76-100-106(95,96)102-80-83(104-87(92)74-70-66-62-58-54-50-44-35-31-27-23-19-15-11-7-3)78-98-85(90)72-68-64-60-56-52-49-46-43-41-39-37-34-30-26-22-18-14-10-6-2/h9-11,13-15,21-23,25-28,32-37,40-44,48,51,81-83,88H,5-8,12,16-20,24,29-31,38-39,45-47,49-50,52-80H2,1-4H3,(H,93,94)(H,95,96)/b13-9-,14-10-,15-11-,25-21-,26-22-,27-23-,32-28-,36-33-,37-34-,42-40-,43-41-,44-35-,51-48-. The summed E-state index contributed by atoms with van der Waals surface area (Å²) in [5, 5.41) is 10.7. The fourth-order valence-corrected chi connectivity index (χ4v) is 11.9. The Bertz CT molecular complexity index is 2630. The largest absolute Gasteiger partial charge is 0.472 e. The van der Waals surface area contributed by atoms with Gasteiger partial charge in [-0.05, 0) is 167 Å². The Morgan fingerprint density at radius 2 is 0.491 bits per heavy atom. The van der Waals surface area contributed by atoms with Crippen molar-refractivity contribution in [2.75, 3.05) is 39.6 Å². The second-order valence-electron chi connectivity index (χ2n) is 26.6. The maximum Gasteiger partial charge on any atom is 0.472 e. The van der Waals surface area contributed by atoms with Crippen LogP contribution in [0.3, 0.4) is 0 Å². The number of allylic oxidation sites excluding steroid dienone is 26. The summed E-state index contributed by atoms with van der Waals surface area (Å²) in [6.07, 6.45) is 90.7. The Balaban J connectivity index is 5.41. The molecule has 0 aromatic rings. The van der Waals surface area contributed by atoms with Crippen LogP contribution in [0.15, 0.2) is 158 Å². The molecule has 0 fully saturated rings. The van der Waals surface area contributed by atoms with Crippen molar-refractivity contribution < 1.29 is 80.2 Å². The van der Waals surface area contributed by atoms with Gasteiger partial charge in [0.05, 0.1) is 26.4 Å². The van der Waals surface area contributed by atoms with Crippen molar-refractivity contribution in [2.24, 2.45) is 0 Å². The van der Waals surface area contributed by atoms with Gasteiger partial charge >= 0.3 is 39.5 Å². The Morgan fingerprint density at radius 1 is 0.274 bits per heavy atom. The van der Waals surface area contributed by atoms with E-state index < -0.39 is 97.5 Å². The van der Waals surface area contributed by atoms with Crippen molar-refractivity contribution in [1.29, 1.82) is 0 Å². The minimum absolute atomic E-state index is 0.0666. The molecular weight excluding hydrogens is 1380 g/mol. The molecule has 0 rings (SSSR count). The zero-order valence-electron chi connectivity index (χ0n) is 66.1. The first-order valence-electron chi connectivity index (χ1n) is 40.7. The van der Waals surface area contributed by atoms with Gasteiger partial charge in [0.15, 0.2) is 12.2 Å². The SMILES string of the molecule is CC/C=C\C/C=C\C/C=C\C/C=C\C/C=C\CCCCCC(=O)OCC(COP(=O)(O)OCC(O)COP(=O)(O)OCC(COC(=O)CCCCCCCC/C=C\C/C=C\C/C=C\C/C=C\CC)OC(=O)CCCCCCC/C=C\C/C=C\C/C=C\CC)OC(=O)CCCCCCC/C=C\CCCCCC. The summed E-state index contributed by atoms with van der Waals surface area (Å²) in [6, 6.07) is 0. The summed E-state index contributed by atoms with van der Waals surface area (Å²) in [5.41, 5.74) is 0. The molecule has 0 aromatic heterocycles. The third-order valence-corrected chi connectivity index (χ3v) is 18.4. The van der Waals surface area contributed by atoms with Crippen LogP contribution in [0.2, 0.25) is 0 Å². The number of hydrogen-bond acceptors (Lipinski definition) is 15. The lowest BCUT2D eigenvalue weighted by atomic mass is 10.1. The fraction of sp³-hybridized carbons (Fsp3) is 0.655. The molecule has 19 heteroatoms. The second kappa shape index (κ2) is 77.8. The summed E-state index contributed by atoms with van der Waals surface area (Å²) in [7, 11) is -9.99. The van der Waals surface area contributed by atoms with Crippen molar-refractivity contribution >= 4 is 39.5 Å². The molecule has 0 aliphatic rings. The van der Waals surface area contributed by atoms with E-state index in [1.54, 1.807) is 0 Å². The molecule has 0 spiro atoms. The first-order chi connectivity index (χ1) is 51.7. The number of hydrogen-bond donors (Lipinski definition) is 3. The number of phosphoric ester groups is 2. The van der Waals surface area contributed by atoms with E-state index in [1.807, 2.05) is 0 Å². The Kier molecular flexibility index (Phi) is 73.9. The quantitative estimate of drug-likeness (QED) is 0.0169. The van der Waals surface area contributed by atoms with E-state index in [2.05, 4.69) is 186 Å². The minimum Gasteiger partial charge on any atom is -0.462 e. The van der Waals surface area contributed by atoms with E-state index in [4.69, 9.17) is 37.0 Å². The van der Waals surface area contributed by atoms with Gasteiger partial charge in [-0.15, -0.1) is 0 Å². The van der Waals surface area contributed by atoms with Crippen LogP contribution in [0, 0.1) is 0 Å². The monoisotopic (exact) mass is 1520 g/mol. The van der Waals surface area contributed by atoms with Crippen LogP contribution in [0.25, 0.3) is 0 Å².